The Balaban J connectivity index is 2.36. The molecule has 0 aliphatic carbocycles. The second-order valence-corrected chi connectivity index (χ2v) is 4.67. The maximum atomic E-state index is 11.6. The van der Waals surface area contributed by atoms with Crippen molar-refractivity contribution in [2.75, 3.05) is 39.0 Å². The van der Waals surface area contributed by atoms with Crippen LogP contribution in [0.25, 0.3) is 0 Å². The first kappa shape index (κ1) is 14.1. The number of rotatable bonds is 6. The lowest BCUT2D eigenvalue weighted by atomic mass is 10.4. The predicted octanol–water partition coefficient (Wildman–Crippen LogP) is 0.934. The number of carbonyl (C=O) groups excluding carboxylic acids is 1. The van der Waals surface area contributed by atoms with Gasteiger partial charge in [0.25, 0.3) is 0 Å². The number of nitrogens with one attached hydrogen (secondary N) is 2. The number of likely N-dealkylation sites (N-methyl/N-ethyl adjacent to an activating group) is 2. The fraction of sp³-hybridized carbons (Fsp3) is 0.455. The molecule has 0 bridgehead atoms. The van der Waals surface area contributed by atoms with E-state index in [4.69, 9.17) is 0 Å². The zero-order chi connectivity index (χ0) is 12.7. The molecule has 2 N–H and O–H groups in total. The van der Waals surface area contributed by atoms with Crippen LogP contribution in [0.15, 0.2) is 22.8 Å². The van der Waals surface area contributed by atoms with Crippen molar-refractivity contribution in [3.63, 3.8) is 0 Å². The first-order chi connectivity index (χ1) is 8.11. The van der Waals surface area contributed by atoms with E-state index in [0.717, 1.165) is 17.6 Å². The normalized spacial score (nSPS) is 10.6. The average Bonchev–Trinajstić information content (AvgIpc) is 2.29. The van der Waals surface area contributed by atoms with Gasteiger partial charge in [0, 0.05) is 23.8 Å². The van der Waals surface area contributed by atoms with E-state index in [1.807, 2.05) is 25.1 Å². The van der Waals surface area contributed by atoms with E-state index in [2.05, 4.69) is 31.5 Å². The number of pyridine rings is 1. The van der Waals surface area contributed by atoms with E-state index in [1.54, 1.807) is 12.3 Å². The molecule has 1 aromatic rings. The van der Waals surface area contributed by atoms with Gasteiger partial charge in [-0.2, -0.15) is 0 Å². The summed E-state index contributed by atoms with van der Waals surface area (Å²) in [6, 6.07) is 3.60. The molecule has 0 saturated heterocycles. The highest BCUT2D eigenvalue weighted by atomic mass is 79.9. The quantitative estimate of drug-likeness (QED) is 0.821. The number of nitrogens with zero attached hydrogens (tertiary/aromatic N) is 2. The molecule has 0 unspecified atom stereocenters. The summed E-state index contributed by atoms with van der Waals surface area (Å²) >= 11 is 3.29. The Morgan fingerprint density at radius 2 is 2.29 bits per heavy atom. The van der Waals surface area contributed by atoms with Gasteiger partial charge >= 0.3 is 0 Å². The fourth-order valence-electron chi connectivity index (χ4n) is 1.26. The molecule has 5 nitrogen and oxygen atoms in total. The third kappa shape index (κ3) is 5.76. The summed E-state index contributed by atoms with van der Waals surface area (Å²) in [7, 11) is 3.80. The van der Waals surface area contributed by atoms with Gasteiger partial charge in [-0.05, 0) is 42.2 Å². The van der Waals surface area contributed by atoms with Crippen LogP contribution in [0.5, 0.6) is 0 Å². The molecule has 0 atom stereocenters. The minimum atomic E-state index is -0.0570. The van der Waals surface area contributed by atoms with Crippen LogP contribution >= 0.6 is 15.9 Å². The average molecular weight is 301 g/mol. The van der Waals surface area contributed by atoms with Crippen LogP contribution in [-0.4, -0.2) is 49.5 Å². The number of halogens is 1. The summed E-state index contributed by atoms with van der Waals surface area (Å²) in [5.41, 5.74) is 0. The lowest BCUT2D eigenvalue weighted by Gasteiger charge is -2.15. The van der Waals surface area contributed by atoms with E-state index in [9.17, 15) is 4.79 Å². The van der Waals surface area contributed by atoms with Crippen molar-refractivity contribution in [1.82, 2.24) is 15.2 Å². The number of hydrogen-bond acceptors (Lipinski definition) is 4. The van der Waals surface area contributed by atoms with E-state index >= 15 is 0 Å². The van der Waals surface area contributed by atoms with Crippen molar-refractivity contribution in [3.05, 3.63) is 22.8 Å². The van der Waals surface area contributed by atoms with Crippen molar-refractivity contribution in [3.8, 4) is 0 Å². The van der Waals surface area contributed by atoms with Crippen molar-refractivity contribution < 1.29 is 4.79 Å². The molecule has 0 aliphatic rings. The number of carbonyl (C=O) groups is 1. The van der Waals surface area contributed by atoms with Gasteiger partial charge in [0.2, 0.25) is 5.91 Å². The van der Waals surface area contributed by atoms with Gasteiger partial charge in [0.1, 0.15) is 5.82 Å². The lowest BCUT2D eigenvalue weighted by Crippen LogP contribution is -2.34. The maximum Gasteiger partial charge on any atom is 0.239 e. The monoisotopic (exact) mass is 300 g/mol. The molecule has 17 heavy (non-hydrogen) atoms. The topological polar surface area (TPSA) is 57.3 Å². The van der Waals surface area contributed by atoms with Crippen LogP contribution in [0.1, 0.15) is 0 Å². The van der Waals surface area contributed by atoms with Gasteiger partial charge in [-0.25, -0.2) is 4.98 Å². The van der Waals surface area contributed by atoms with Gasteiger partial charge in [0.05, 0.1) is 6.54 Å². The molecular formula is C11H17BrN4O. The summed E-state index contributed by atoms with van der Waals surface area (Å²) in [6.45, 7) is 2.05. The van der Waals surface area contributed by atoms with E-state index in [1.165, 1.54) is 0 Å². The second-order valence-electron chi connectivity index (χ2n) is 3.75. The van der Waals surface area contributed by atoms with Gasteiger partial charge in [-0.1, -0.05) is 0 Å². The molecule has 1 aromatic heterocycles. The predicted molar refractivity (Wildman–Crippen MR) is 72.0 cm³/mol. The van der Waals surface area contributed by atoms with Crippen LogP contribution < -0.4 is 10.6 Å². The molecule has 0 saturated carbocycles. The number of anilines is 1. The summed E-state index contributed by atoms with van der Waals surface area (Å²) in [5, 5.41) is 5.78. The molecular weight excluding hydrogens is 284 g/mol. The van der Waals surface area contributed by atoms with Gasteiger partial charge in [-0.3, -0.25) is 9.69 Å². The maximum absolute atomic E-state index is 11.6. The molecule has 0 spiro atoms. The molecule has 1 amide bonds. The Labute approximate surface area is 110 Å². The second kappa shape index (κ2) is 7.37. The Bertz CT molecular complexity index is 355. The first-order valence-electron chi connectivity index (χ1n) is 5.36. The SMILES string of the molecule is CNCCN(C)CC(=O)Nc1ccc(Br)cn1. The minimum absolute atomic E-state index is 0.0570. The lowest BCUT2D eigenvalue weighted by molar-refractivity contribution is -0.117. The van der Waals surface area contributed by atoms with Crippen molar-refractivity contribution in [1.29, 1.82) is 0 Å². The van der Waals surface area contributed by atoms with Gasteiger partial charge < -0.3 is 10.6 Å². The molecule has 0 radical (unpaired) electrons. The molecule has 1 heterocycles. The first-order valence-corrected chi connectivity index (χ1v) is 6.15. The molecule has 0 aromatic carbocycles. The van der Waals surface area contributed by atoms with Crippen molar-refractivity contribution >= 4 is 27.7 Å². The molecule has 94 valence electrons. The Morgan fingerprint density at radius 3 is 2.88 bits per heavy atom. The molecule has 0 aliphatic heterocycles. The van der Waals surface area contributed by atoms with Crippen LogP contribution in [0, 0.1) is 0 Å². The molecule has 1 rings (SSSR count). The Kier molecular flexibility index (Phi) is 6.10. The largest absolute Gasteiger partial charge is 0.318 e. The number of amides is 1. The van der Waals surface area contributed by atoms with Crippen LogP contribution in [0.3, 0.4) is 0 Å². The Hall–Kier alpha value is -0.980. The summed E-state index contributed by atoms with van der Waals surface area (Å²) in [5.74, 6) is 0.513. The number of hydrogen-bond donors (Lipinski definition) is 2. The smallest absolute Gasteiger partial charge is 0.239 e. The fourth-order valence-corrected chi connectivity index (χ4v) is 1.49. The summed E-state index contributed by atoms with van der Waals surface area (Å²) < 4.78 is 0.890. The van der Waals surface area contributed by atoms with Gasteiger partial charge in [-0.15, -0.1) is 0 Å². The standard InChI is InChI=1S/C11H17BrN4O/c1-13-5-6-16(2)8-11(17)15-10-4-3-9(12)7-14-10/h3-4,7,13H,5-6,8H2,1-2H3,(H,14,15,17). The highest BCUT2D eigenvalue weighted by molar-refractivity contribution is 9.10. The molecule has 0 fully saturated rings. The molecule has 6 heteroatoms. The van der Waals surface area contributed by atoms with Crippen LogP contribution in [-0.2, 0) is 4.79 Å². The van der Waals surface area contributed by atoms with Crippen LogP contribution in [0.4, 0.5) is 5.82 Å². The highest BCUT2D eigenvalue weighted by Gasteiger charge is 2.06. The van der Waals surface area contributed by atoms with E-state index in [0.29, 0.717) is 12.4 Å². The highest BCUT2D eigenvalue weighted by Crippen LogP contribution is 2.10. The Morgan fingerprint density at radius 1 is 1.53 bits per heavy atom. The van der Waals surface area contributed by atoms with Crippen LogP contribution in [0.2, 0.25) is 0 Å². The van der Waals surface area contributed by atoms with E-state index in [-0.39, 0.29) is 5.91 Å². The zero-order valence-corrected chi connectivity index (χ0v) is 11.6. The number of aromatic nitrogens is 1. The summed E-state index contributed by atoms with van der Waals surface area (Å²) in [6.07, 6.45) is 1.65. The van der Waals surface area contributed by atoms with E-state index < -0.39 is 0 Å². The third-order valence-corrected chi connectivity index (χ3v) is 2.62. The minimum Gasteiger partial charge on any atom is -0.318 e. The van der Waals surface area contributed by atoms with Crippen molar-refractivity contribution in [2.24, 2.45) is 0 Å². The summed E-state index contributed by atoms with van der Waals surface area (Å²) in [4.78, 5) is 17.7. The van der Waals surface area contributed by atoms with Crippen molar-refractivity contribution in [2.45, 2.75) is 0 Å². The van der Waals surface area contributed by atoms with Gasteiger partial charge in [0.15, 0.2) is 0 Å². The zero-order valence-electron chi connectivity index (χ0n) is 10.0. The third-order valence-electron chi connectivity index (χ3n) is 2.15.